The van der Waals surface area contributed by atoms with Crippen LogP contribution in [0, 0.1) is 5.92 Å². The molecule has 0 bridgehead atoms. The summed E-state index contributed by atoms with van der Waals surface area (Å²) in [6.45, 7) is 3.50. The average Bonchev–Trinajstić information content (AvgIpc) is 2.14. The molecule has 0 aromatic heterocycles. The molecule has 6 heteroatoms. The molecule has 0 heterocycles. The van der Waals surface area contributed by atoms with E-state index >= 15 is 0 Å². The monoisotopic (exact) mass is 218 g/mol. The minimum absolute atomic E-state index is 0.250. The van der Waals surface area contributed by atoms with Crippen LogP contribution in [0.15, 0.2) is 0 Å². The van der Waals surface area contributed by atoms with Crippen LogP contribution >= 0.6 is 0 Å². The number of quaternary nitrogens is 1. The number of primary amides is 1. The van der Waals surface area contributed by atoms with Gasteiger partial charge in [-0.05, 0) is 12.3 Å². The van der Waals surface area contributed by atoms with E-state index in [1.165, 1.54) is 0 Å². The molecule has 0 saturated heterocycles. The normalized spacial score (nSPS) is 14.7. The fourth-order valence-electron chi connectivity index (χ4n) is 1.09. The Morgan fingerprint density at radius 2 is 2.00 bits per heavy atom. The van der Waals surface area contributed by atoms with Crippen molar-refractivity contribution in [3.63, 3.8) is 0 Å². The molecule has 0 aliphatic rings. The van der Waals surface area contributed by atoms with Crippen LogP contribution in [-0.2, 0) is 9.59 Å². The third-order valence-corrected chi connectivity index (χ3v) is 1.96. The summed E-state index contributed by atoms with van der Waals surface area (Å²) in [7, 11) is 0. The van der Waals surface area contributed by atoms with Crippen molar-refractivity contribution in [2.45, 2.75) is 32.4 Å². The van der Waals surface area contributed by atoms with E-state index in [1.54, 1.807) is 0 Å². The minimum atomic E-state index is -0.765. The lowest BCUT2D eigenvalue weighted by molar-refractivity contribution is -0.409. The summed E-state index contributed by atoms with van der Waals surface area (Å²) in [5, 5.41) is 11.2. The number of carbonyl (C=O) groups excluding carboxylic acids is 2. The van der Waals surface area contributed by atoms with E-state index in [1.807, 2.05) is 13.8 Å². The highest BCUT2D eigenvalue weighted by atomic mass is 16.3. The molecule has 0 radical (unpaired) electrons. The average molecular weight is 218 g/mol. The molecular weight excluding hydrogens is 198 g/mol. The molecule has 15 heavy (non-hydrogen) atoms. The molecule has 0 saturated carbocycles. The Bertz CT molecular complexity index is 231. The standard InChI is InChI=1S/C9H19N3O3/c1-5(2)3-7(8(11)14)12-9(15)6(10)4-13/h5-7,13H,3-4,10H2,1-2H3,(H2,11,14)(H,12,15)/p+1/t6-,7-/m0/s1. The molecule has 0 spiro atoms. The predicted octanol–water partition coefficient (Wildman–Crippen LogP) is -2.39. The van der Waals surface area contributed by atoms with E-state index in [0.717, 1.165) is 0 Å². The highest BCUT2D eigenvalue weighted by Gasteiger charge is 2.23. The molecule has 0 fully saturated rings. The van der Waals surface area contributed by atoms with Gasteiger partial charge in [0.15, 0.2) is 6.04 Å². The van der Waals surface area contributed by atoms with E-state index in [9.17, 15) is 9.59 Å². The number of aliphatic hydroxyl groups excluding tert-OH is 1. The number of hydrogen-bond donors (Lipinski definition) is 4. The lowest BCUT2D eigenvalue weighted by atomic mass is 10.0. The van der Waals surface area contributed by atoms with Gasteiger partial charge in [-0.3, -0.25) is 9.59 Å². The third kappa shape index (κ3) is 5.34. The summed E-state index contributed by atoms with van der Waals surface area (Å²) in [5.41, 5.74) is 8.57. The highest BCUT2D eigenvalue weighted by molar-refractivity contribution is 5.88. The first-order valence-electron chi connectivity index (χ1n) is 4.92. The van der Waals surface area contributed by atoms with Gasteiger partial charge in [0.25, 0.3) is 5.91 Å². The maximum atomic E-state index is 11.3. The van der Waals surface area contributed by atoms with E-state index in [0.29, 0.717) is 6.42 Å². The van der Waals surface area contributed by atoms with Gasteiger partial charge in [-0.1, -0.05) is 13.8 Å². The molecule has 6 nitrogen and oxygen atoms in total. The van der Waals surface area contributed by atoms with Crippen LogP contribution in [0.1, 0.15) is 20.3 Å². The largest absolute Gasteiger partial charge is 0.390 e. The van der Waals surface area contributed by atoms with Crippen molar-refractivity contribution in [1.82, 2.24) is 5.32 Å². The highest BCUT2D eigenvalue weighted by Crippen LogP contribution is 2.04. The van der Waals surface area contributed by atoms with Gasteiger partial charge in [-0.15, -0.1) is 0 Å². The summed E-state index contributed by atoms with van der Waals surface area (Å²) in [6.07, 6.45) is 0.485. The lowest BCUT2D eigenvalue weighted by Crippen LogP contribution is -2.70. The minimum Gasteiger partial charge on any atom is -0.390 e. The Hall–Kier alpha value is -1.14. The maximum absolute atomic E-state index is 11.3. The van der Waals surface area contributed by atoms with Gasteiger partial charge in [0.1, 0.15) is 12.6 Å². The van der Waals surface area contributed by atoms with Gasteiger partial charge in [-0.2, -0.15) is 0 Å². The van der Waals surface area contributed by atoms with Gasteiger partial charge >= 0.3 is 0 Å². The van der Waals surface area contributed by atoms with Crippen LogP contribution in [-0.4, -0.2) is 35.6 Å². The van der Waals surface area contributed by atoms with Crippen molar-refractivity contribution in [2.75, 3.05) is 6.61 Å². The van der Waals surface area contributed by atoms with Crippen LogP contribution in [0.3, 0.4) is 0 Å². The molecular formula is C9H20N3O3+. The van der Waals surface area contributed by atoms with Crippen LogP contribution < -0.4 is 16.8 Å². The molecule has 2 atom stereocenters. The second-order valence-electron chi connectivity index (χ2n) is 3.97. The van der Waals surface area contributed by atoms with Crippen molar-refractivity contribution in [3.8, 4) is 0 Å². The molecule has 0 aliphatic heterocycles. The van der Waals surface area contributed by atoms with Crippen LogP contribution in [0.4, 0.5) is 0 Å². The van der Waals surface area contributed by atoms with E-state index in [-0.39, 0.29) is 12.5 Å². The van der Waals surface area contributed by atoms with Crippen LogP contribution in [0.5, 0.6) is 0 Å². The van der Waals surface area contributed by atoms with Crippen molar-refractivity contribution >= 4 is 11.8 Å². The van der Waals surface area contributed by atoms with Gasteiger partial charge < -0.3 is 21.9 Å². The van der Waals surface area contributed by atoms with Crippen molar-refractivity contribution in [2.24, 2.45) is 11.7 Å². The molecule has 7 N–H and O–H groups in total. The number of carbonyl (C=O) groups is 2. The number of aliphatic hydroxyl groups is 1. The quantitative estimate of drug-likeness (QED) is 0.398. The Balaban J connectivity index is 4.29. The molecule has 88 valence electrons. The number of rotatable bonds is 6. The topological polar surface area (TPSA) is 120 Å². The van der Waals surface area contributed by atoms with Crippen molar-refractivity contribution < 1.29 is 20.4 Å². The third-order valence-electron chi connectivity index (χ3n) is 1.96. The van der Waals surface area contributed by atoms with Gasteiger partial charge in [-0.25, -0.2) is 0 Å². The predicted molar refractivity (Wildman–Crippen MR) is 54.3 cm³/mol. The summed E-state index contributed by atoms with van der Waals surface area (Å²) in [4.78, 5) is 22.3. The Labute approximate surface area is 89.0 Å². The second-order valence-corrected chi connectivity index (χ2v) is 3.97. The first kappa shape index (κ1) is 13.9. The smallest absolute Gasteiger partial charge is 0.281 e. The Morgan fingerprint density at radius 3 is 2.33 bits per heavy atom. The maximum Gasteiger partial charge on any atom is 0.281 e. The molecule has 0 aliphatic carbocycles. The molecule has 0 rings (SSSR count). The van der Waals surface area contributed by atoms with E-state index in [4.69, 9.17) is 10.8 Å². The Morgan fingerprint density at radius 1 is 1.47 bits per heavy atom. The second kappa shape index (κ2) is 6.36. The number of nitrogens with one attached hydrogen (secondary N) is 1. The molecule has 0 unspecified atom stereocenters. The van der Waals surface area contributed by atoms with E-state index in [2.05, 4.69) is 11.1 Å². The van der Waals surface area contributed by atoms with Crippen LogP contribution in [0.2, 0.25) is 0 Å². The zero-order valence-corrected chi connectivity index (χ0v) is 9.19. The fourth-order valence-corrected chi connectivity index (χ4v) is 1.09. The van der Waals surface area contributed by atoms with Gasteiger partial charge in [0.2, 0.25) is 5.91 Å². The fraction of sp³-hybridized carbons (Fsp3) is 0.778. The molecule has 0 aromatic carbocycles. The first-order chi connectivity index (χ1) is 6.88. The number of nitrogens with two attached hydrogens (primary N) is 1. The molecule has 0 aromatic rings. The molecule has 2 amide bonds. The number of amides is 2. The van der Waals surface area contributed by atoms with E-state index < -0.39 is 23.9 Å². The number of hydrogen-bond acceptors (Lipinski definition) is 3. The zero-order chi connectivity index (χ0) is 12.0. The summed E-state index contributed by atoms with van der Waals surface area (Å²) in [6, 6.07) is -1.45. The van der Waals surface area contributed by atoms with Gasteiger partial charge in [0, 0.05) is 0 Å². The summed E-state index contributed by atoms with van der Waals surface area (Å²) < 4.78 is 0. The van der Waals surface area contributed by atoms with Crippen LogP contribution in [0.25, 0.3) is 0 Å². The lowest BCUT2D eigenvalue weighted by Gasteiger charge is -2.17. The SMILES string of the molecule is CC(C)C[C@H](NC(=O)[C@@H]([NH3+])CO)C(N)=O. The van der Waals surface area contributed by atoms with Gasteiger partial charge in [0.05, 0.1) is 0 Å². The van der Waals surface area contributed by atoms with Crippen molar-refractivity contribution in [3.05, 3.63) is 0 Å². The van der Waals surface area contributed by atoms with Crippen molar-refractivity contribution in [1.29, 1.82) is 0 Å². The summed E-state index contributed by atoms with van der Waals surface area (Å²) >= 11 is 0. The first-order valence-corrected chi connectivity index (χ1v) is 4.92. The summed E-state index contributed by atoms with van der Waals surface area (Å²) in [5.74, 6) is -0.774. The zero-order valence-electron chi connectivity index (χ0n) is 9.19. The Kier molecular flexibility index (Phi) is 5.88.